The third-order valence-electron chi connectivity index (χ3n) is 3.36. The SMILES string of the molecule is COC1CN(S(=O)(=O)c2cc(N)ccc2F)CC1OC. The molecular weight excluding hydrogens is 287 g/mol. The van der Waals surface area contributed by atoms with Gasteiger partial charge in [0.15, 0.2) is 0 Å². The number of ether oxygens (including phenoxy) is 2. The van der Waals surface area contributed by atoms with Crippen LogP contribution in [0.2, 0.25) is 0 Å². The summed E-state index contributed by atoms with van der Waals surface area (Å²) in [5.74, 6) is -0.825. The maximum Gasteiger partial charge on any atom is 0.246 e. The van der Waals surface area contributed by atoms with Gasteiger partial charge < -0.3 is 15.2 Å². The van der Waals surface area contributed by atoms with E-state index in [1.165, 1.54) is 20.3 Å². The summed E-state index contributed by atoms with van der Waals surface area (Å²) in [5.41, 5.74) is 5.72. The third kappa shape index (κ3) is 2.64. The molecule has 0 amide bonds. The van der Waals surface area contributed by atoms with Crippen molar-refractivity contribution in [3.8, 4) is 0 Å². The van der Waals surface area contributed by atoms with Gasteiger partial charge in [-0.3, -0.25) is 0 Å². The van der Waals surface area contributed by atoms with Crippen LogP contribution >= 0.6 is 0 Å². The number of hydrogen-bond acceptors (Lipinski definition) is 5. The first-order valence-electron chi connectivity index (χ1n) is 6.01. The summed E-state index contributed by atoms with van der Waals surface area (Å²) in [6, 6.07) is 3.47. The van der Waals surface area contributed by atoms with Crippen molar-refractivity contribution in [3.05, 3.63) is 24.0 Å². The Labute approximate surface area is 117 Å². The van der Waals surface area contributed by atoms with Crippen molar-refractivity contribution in [3.63, 3.8) is 0 Å². The van der Waals surface area contributed by atoms with Crippen LogP contribution in [-0.2, 0) is 19.5 Å². The Balaban J connectivity index is 2.34. The van der Waals surface area contributed by atoms with Crippen molar-refractivity contribution in [2.24, 2.45) is 0 Å². The fourth-order valence-corrected chi connectivity index (χ4v) is 3.78. The predicted octanol–water partition coefficient (Wildman–Crippen LogP) is 0.442. The maximum atomic E-state index is 13.8. The number of sulfonamides is 1. The first kappa shape index (κ1) is 15.2. The fourth-order valence-electron chi connectivity index (χ4n) is 2.22. The third-order valence-corrected chi connectivity index (χ3v) is 5.21. The number of anilines is 1. The van der Waals surface area contributed by atoms with Crippen LogP contribution in [0.5, 0.6) is 0 Å². The van der Waals surface area contributed by atoms with Crippen molar-refractivity contribution in [1.29, 1.82) is 0 Å². The summed E-state index contributed by atoms with van der Waals surface area (Å²) >= 11 is 0. The Morgan fingerprint density at radius 1 is 1.25 bits per heavy atom. The van der Waals surface area contributed by atoms with E-state index in [0.29, 0.717) is 0 Å². The van der Waals surface area contributed by atoms with Gasteiger partial charge in [0, 0.05) is 33.0 Å². The summed E-state index contributed by atoms with van der Waals surface area (Å²) in [5, 5.41) is 0. The average Bonchev–Trinajstić information content (AvgIpc) is 2.85. The highest BCUT2D eigenvalue weighted by atomic mass is 32.2. The number of nitrogen functional groups attached to an aromatic ring is 1. The van der Waals surface area contributed by atoms with Gasteiger partial charge in [0.05, 0.1) is 12.2 Å². The van der Waals surface area contributed by atoms with E-state index < -0.39 is 20.7 Å². The molecule has 1 fully saturated rings. The van der Waals surface area contributed by atoms with Gasteiger partial charge in [0.25, 0.3) is 0 Å². The van der Waals surface area contributed by atoms with E-state index >= 15 is 0 Å². The maximum absolute atomic E-state index is 13.8. The molecule has 8 heteroatoms. The number of hydrogen-bond donors (Lipinski definition) is 1. The van der Waals surface area contributed by atoms with Crippen LogP contribution < -0.4 is 5.73 Å². The van der Waals surface area contributed by atoms with Crippen LogP contribution in [0.1, 0.15) is 0 Å². The van der Waals surface area contributed by atoms with E-state index in [1.807, 2.05) is 0 Å². The summed E-state index contributed by atoms with van der Waals surface area (Å²) in [4.78, 5) is -0.427. The van der Waals surface area contributed by atoms with Gasteiger partial charge in [-0.15, -0.1) is 0 Å². The highest BCUT2D eigenvalue weighted by Gasteiger charge is 2.40. The monoisotopic (exact) mass is 304 g/mol. The molecule has 0 aromatic heterocycles. The Hall–Kier alpha value is -1.22. The van der Waals surface area contributed by atoms with Crippen molar-refractivity contribution in [1.82, 2.24) is 4.31 Å². The van der Waals surface area contributed by atoms with Gasteiger partial charge in [-0.2, -0.15) is 4.31 Å². The number of halogens is 1. The lowest BCUT2D eigenvalue weighted by Crippen LogP contribution is -2.31. The minimum Gasteiger partial charge on any atom is -0.399 e. The molecule has 0 saturated carbocycles. The lowest BCUT2D eigenvalue weighted by atomic mass is 10.3. The molecule has 2 rings (SSSR count). The molecule has 0 aliphatic carbocycles. The smallest absolute Gasteiger partial charge is 0.246 e. The van der Waals surface area contributed by atoms with Crippen molar-refractivity contribution < 1.29 is 22.3 Å². The van der Waals surface area contributed by atoms with E-state index in [0.717, 1.165) is 16.4 Å². The molecule has 1 heterocycles. The molecule has 2 N–H and O–H groups in total. The number of rotatable bonds is 4. The molecule has 1 aromatic rings. The highest BCUT2D eigenvalue weighted by Crippen LogP contribution is 2.26. The van der Waals surface area contributed by atoms with Gasteiger partial charge >= 0.3 is 0 Å². The second-order valence-corrected chi connectivity index (χ2v) is 6.47. The summed E-state index contributed by atoms with van der Waals surface area (Å²) in [6.07, 6.45) is -0.752. The molecule has 0 spiro atoms. The van der Waals surface area contributed by atoms with Gasteiger partial charge in [-0.25, -0.2) is 12.8 Å². The zero-order chi connectivity index (χ0) is 14.9. The predicted molar refractivity (Wildman–Crippen MR) is 71.2 cm³/mol. The quantitative estimate of drug-likeness (QED) is 0.816. The molecular formula is C12H17FN2O4S. The van der Waals surface area contributed by atoms with Gasteiger partial charge in [0.2, 0.25) is 10.0 Å². The number of benzene rings is 1. The molecule has 0 bridgehead atoms. The molecule has 2 unspecified atom stereocenters. The Morgan fingerprint density at radius 3 is 2.30 bits per heavy atom. The summed E-state index contributed by atoms with van der Waals surface area (Å²) in [7, 11) is -0.999. The minimum absolute atomic E-state index is 0.117. The topological polar surface area (TPSA) is 81.9 Å². The summed E-state index contributed by atoms with van der Waals surface area (Å²) < 4.78 is 50.2. The van der Waals surface area contributed by atoms with Gasteiger partial charge in [-0.1, -0.05) is 0 Å². The van der Waals surface area contributed by atoms with Crippen molar-refractivity contribution in [2.45, 2.75) is 17.1 Å². The minimum atomic E-state index is -3.96. The van der Waals surface area contributed by atoms with Gasteiger partial charge in [0.1, 0.15) is 10.7 Å². The van der Waals surface area contributed by atoms with E-state index in [9.17, 15) is 12.8 Å². The molecule has 1 aliphatic heterocycles. The molecule has 112 valence electrons. The Kier molecular flexibility index (Phi) is 4.28. The summed E-state index contributed by atoms with van der Waals surface area (Å²) in [6.45, 7) is 0.233. The van der Waals surface area contributed by atoms with Crippen LogP contribution in [0.25, 0.3) is 0 Å². The molecule has 20 heavy (non-hydrogen) atoms. The normalized spacial score (nSPS) is 24.1. The second-order valence-electron chi connectivity index (χ2n) is 4.56. The molecule has 0 radical (unpaired) electrons. The van der Waals surface area contributed by atoms with E-state index in [-0.39, 0.29) is 31.0 Å². The fraction of sp³-hybridized carbons (Fsp3) is 0.500. The standard InChI is InChI=1S/C12H17FN2O4S/c1-18-10-6-15(7-11(10)19-2)20(16,17)12-5-8(14)3-4-9(12)13/h3-5,10-11H,6-7,14H2,1-2H3. The first-order valence-corrected chi connectivity index (χ1v) is 7.45. The average molecular weight is 304 g/mol. The van der Waals surface area contributed by atoms with Crippen molar-refractivity contribution >= 4 is 15.7 Å². The highest BCUT2D eigenvalue weighted by molar-refractivity contribution is 7.89. The lowest BCUT2D eigenvalue weighted by Gasteiger charge is -2.16. The molecule has 2 atom stereocenters. The number of nitrogens with zero attached hydrogens (tertiary/aromatic N) is 1. The number of nitrogens with two attached hydrogens (primary N) is 1. The van der Waals surface area contributed by atoms with Crippen LogP contribution in [0.15, 0.2) is 23.1 Å². The number of methoxy groups -OCH3 is 2. The Morgan fingerprint density at radius 2 is 1.80 bits per heavy atom. The molecule has 6 nitrogen and oxygen atoms in total. The van der Waals surface area contributed by atoms with E-state index in [1.54, 1.807) is 0 Å². The lowest BCUT2D eigenvalue weighted by molar-refractivity contribution is -0.00461. The zero-order valence-corrected chi connectivity index (χ0v) is 12.1. The molecule has 1 aromatic carbocycles. The van der Waals surface area contributed by atoms with E-state index in [4.69, 9.17) is 15.2 Å². The second kappa shape index (κ2) is 5.65. The Bertz CT molecular complexity index is 581. The zero-order valence-electron chi connectivity index (χ0n) is 11.2. The van der Waals surface area contributed by atoms with E-state index in [2.05, 4.69) is 0 Å². The van der Waals surface area contributed by atoms with Gasteiger partial charge in [-0.05, 0) is 18.2 Å². The molecule has 1 saturated heterocycles. The van der Waals surface area contributed by atoms with Crippen LogP contribution in [-0.4, -0.2) is 52.2 Å². The van der Waals surface area contributed by atoms with Crippen molar-refractivity contribution in [2.75, 3.05) is 33.0 Å². The first-order chi connectivity index (χ1) is 9.40. The molecule has 1 aliphatic rings. The largest absolute Gasteiger partial charge is 0.399 e. The van der Waals surface area contributed by atoms with Crippen LogP contribution in [0.4, 0.5) is 10.1 Å². The van der Waals surface area contributed by atoms with Crippen LogP contribution in [0.3, 0.4) is 0 Å². The van der Waals surface area contributed by atoms with Crippen LogP contribution in [0, 0.1) is 5.82 Å².